The second-order valence-corrected chi connectivity index (χ2v) is 36.6. The highest BCUT2D eigenvalue weighted by molar-refractivity contribution is 7.90. The molecule has 0 unspecified atom stereocenters. The second-order valence-electron chi connectivity index (χ2n) is 33.0. The molecule has 0 bridgehead atoms. The normalized spacial score (nSPS) is 12.3. The number of benzene rings is 7. The van der Waals surface area contributed by atoms with Crippen molar-refractivity contribution in [3.63, 3.8) is 0 Å². The predicted octanol–water partition coefficient (Wildman–Crippen LogP) is 17.4. The number of aryl methyl sites for hydroxylation is 6. The molecule has 36 heteroatoms. The SMILES string of the molecule is Cc1ccc(-n2c([C@H](C)NC(=O)c3c(C)nn4cccnc34)cc3cccc(Cl)c3c2=O)cc1.Cc1cccc(-n2c([C@H](C)NC(=O)c3c(C)nn4cccnc34)cc3cccc(Cl)c3c2=O)c1.Cc1nn2cccnc2c1C(=O)N[C@@H](C)c1cc2cccc(Cl)c2c(=O)n1-c1cccc(S(C)(=O)=O)c1.Cc1nn2cccnc2c1C(=O)N[C@@H](C)c1cc2cccc(Cl)c2c(=O)n1-c1cccnc1. The molecule has 0 spiro atoms. The fraction of sp³-hybridized carbons (Fsp3) is 0.147. The molecule has 138 heavy (non-hydrogen) atoms. The fourth-order valence-corrected chi connectivity index (χ4v) is 18.6. The van der Waals surface area contributed by atoms with E-state index in [-0.39, 0.29) is 44.3 Å². The molecular weight excluding hydrogens is 1850 g/mol. The van der Waals surface area contributed by atoms with Crippen molar-refractivity contribution in [3.8, 4) is 22.7 Å². The summed E-state index contributed by atoms with van der Waals surface area (Å²) in [6, 6.07) is 58.3. The van der Waals surface area contributed by atoms with Crippen LogP contribution in [0, 0.1) is 41.5 Å². The van der Waals surface area contributed by atoms with Gasteiger partial charge in [0, 0.05) is 96.2 Å². The van der Waals surface area contributed by atoms with E-state index in [1.165, 1.54) is 25.8 Å². The van der Waals surface area contributed by atoms with Gasteiger partial charge in [0.1, 0.15) is 22.3 Å². The Bertz CT molecular complexity index is 8710. The van der Waals surface area contributed by atoms with Gasteiger partial charge in [0.05, 0.1) is 111 Å². The zero-order valence-electron chi connectivity index (χ0n) is 75.8. The van der Waals surface area contributed by atoms with Gasteiger partial charge in [-0.1, -0.05) is 131 Å². The largest absolute Gasteiger partial charge is 0.344 e. The standard InChI is InChI=1S/C26H22ClN5O4S.2C26H22ClN5O2.C24H19ClN6O2/c1-15(29-25(33)22-16(2)30-31-12-6-11-28-24(22)31)21-13-17-7-4-10-20(27)23(17)26(34)32(21)18-8-5-9-19(14-18)37(3,35)36;1-15-7-4-9-19(13-15)32-21(14-18-8-5-10-20(27)23(18)26(32)34)16(2)29-25(33)22-17(3)30-31-12-6-11-28-24(22)31;1-15-8-10-19(11-9-15)32-21(14-18-6-4-7-20(27)23(18)26(32)34)16(2)29-25(33)22-17(3)30-31-13-5-12-28-24(22)31;1-14(28-23(32)20-15(2)29-30-11-5-10-27-22(20)30)19-12-16-6-3-8-18(25)21(16)24(33)31(19)17-7-4-9-26-13-17/h4-15H,1-3H3,(H,29,33);2*4-14,16H,1-3H3,(H,29,33);3-14H,1-2H3,(H,28,32)/t15-;2*16-;14-/m0000/s1. The molecule has 0 aliphatic carbocycles. The third-order valence-corrected chi connectivity index (χ3v) is 25.8. The zero-order chi connectivity index (χ0) is 97.6. The van der Waals surface area contributed by atoms with Gasteiger partial charge in [0.25, 0.3) is 45.9 Å². The van der Waals surface area contributed by atoms with Gasteiger partial charge in [-0.25, -0.2) is 46.4 Å². The van der Waals surface area contributed by atoms with Crippen molar-refractivity contribution in [1.29, 1.82) is 0 Å². The number of rotatable bonds is 17. The van der Waals surface area contributed by atoms with Crippen LogP contribution in [0.25, 0.3) is 88.4 Å². The summed E-state index contributed by atoms with van der Waals surface area (Å²) < 4.78 is 36.8. The molecule has 4 N–H and O–H groups in total. The molecule has 692 valence electrons. The van der Waals surface area contributed by atoms with Gasteiger partial charge in [-0.2, -0.15) is 20.4 Å². The number of nitrogens with one attached hydrogen (secondary N) is 4. The molecule has 0 saturated carbocycles. The third kappa shape index (κ3) is 18.4. The van der Waals surface area contributed by atoms with Crippen LogP contribution in [0.1, 0.15) is 150 Å². The van der Waals surface area contributed by atoms with E-state index in [0.717, 1.165) is 17.4 Å². The first-order valence-corrected chi connectivity index (χ1v) is 46.8. The second kappa shape index (κ2) is 38.8. The Kier molecular flexibility index (Phi) is 26.3. The summed E-state index contributed by atoms with van der Waals surface area (Å²) in [5.74, 6) is -1.36. The van der Waals surface area contributed by atoms with E-state index in [0.29, 0.717) is 171 Å². The van der Waals surface area contributed by atoms with Crippen molar-refractivity contribution in [3.05, 3.63) is 409 Å². The Morgan fingerprint density at radius 2 is 0.609 bits per heavy atom. The molecule has 13 aromatic heterocycles. The van der Waals surface area contributed by atoms with Crippen molar-refractivity contribution in [2.75, 3.05) is 6.26 Å². The van der Waals surface area contributed by atoms with Crippen LogP contribution in [-0.4, -0.2) is 120 Å². The van der Waals surface area contributed by atoms with E-state index in [4.69, 9.17) is 46.4 Å². The molecule has 0 radical (unpaired) electrons. The monoisotopic (exact) mass is 1940 g/mol. The summed E-state index contributed by atoms with van der Waals surface area (Å²) in [6.07, 6.45) is 17.7. The molecule has 13 heterocycles. The molecule has 0 aliphatic heterocycles. The summed E-state index contributed by atoms with van der Waals surface area (Å²) in [5.41, 5.74) is 11.1. The van der Waals surface area contributed by atoms with Crippen LogP contribution in [0.15, 0.2) is 292 Å². The fourth-order valence-electron chi connectivity index (χ4n) is 16.9. The van der Waals surface area contributed by atoms with E-state index in [1.807, 2.05) is 126 Å². The predicted molar refractivity (Wildman–Crippen MR) is 533 cm³/mol. The number of aromatic nitrogens is 17. The van der Waals surface area contributed by atoms with Crippen LogP contribution in [0.3, 0.4) is 0 Å². The number of hydrogen-bond donors (Lipinski definition) is 4. The highest BCUT2D eigenvalue weighted by Crippen LogP contribution is 2.34. The Morgan fingerprint density at radius 3 is 0.913 bits per heavy atom. The first kappa shape index (κ1) is 93.8. The number of fused-ring (bicyclic) bond motifs is 8. The van der Waals surface area contributed by atoms with E-state index in [9.17, 15) is 46.8 Å². The Labute approximate surface area is 806 Å². The van der Waals surface area contributed by atoms with Crippen molar-refractivity contribution in [1.82, 2.24) is 103 Å². The molecule has 7 aromatic carbocycles. The topological polar surface area (TPSA) is 372 Å². The average Bonchev–Trinajstić information content (AvgIpc) is 0.985. The van der Waals surface area contributed by atoms with Gasteiger partial charge >= 0.3 is 0 Å². The molecular formula is C102H85Cl4N21O10S. The van der Waals surface area contributed by atoms with Crippen LogP contribution in [0.2, 0.25) is 20.1 Å². The summed E-state index contributed by atoms with van der Waals surface area (Å²) in [4.78, 5) is 129. The molecule has 0 aliphatic rings. The first-order chi connectivity index (χ1) is 66.2. The minimum atomic E-state index is -3.53. The minimum Gasteiger partial charge on any atom is -0.344 e. The number of pyridine rings is 5. The lowest BCUT2D eigenvalue weighted by Gasteiger charge is -2.21. The van der Waals surface area contributed by atoms with Crippen molar-refractivity contribution in [2.45, 2.75) is 98.3 Å². The average molecular weight is 1940 g/mol. The summed E-state index contributed by atoms with van der Waals surface area (Å²) in [6.45, 7) is 18.2. The van der Waals surface area contributed by atoms with Crippen molar-refractivity contribution >= 4 is 146 Å². The van der Waals surface area contributed by atoms with Gasteiger partial charge < -0.3 is 21.3 Å². The van der Waals surface area contributed by atoms with Crippen LogP contribution < -0.4 is 43.5 Å². The van der Waals surface area contributed by atoms with E-state index in [1.54, 1.807) is 222 Å². The van der Waals surface area contributed by atoms with Gasteiger partial charge in [-0.05, 0) is 224 Å². The number of hydrogen-bond acceptors (Lipinski definition) is 19. The molecule has 4 amide bonds. The highest BCUT2D eigenvalue weighted by atomic mass is 35.5. The van der Waals surface area contributed by atoms with Gasteiger partial charge in [0.15, 0.2) is 32.4 Å². The van der Waals surface area contributed by atoms with Crippen LogP contribution >= 0.6 is 46.4 Å². The van der Waals surface area contributed by atoms with Crippen LogP contribution in [0.4, 0.5) is 0 Å². The maximum atomic E-state index is 13.8. The third-order valence-electron chi connectivity index (χ3n) is 23.4. The van der Waals surface area contributed by atoms with Crippen molar-refractivity contribution < 1.29 is 27.6 Å². The highest BCUT2D eigenvalue weighted by Gasteiger charge is 2.31. The summed E-state index contributed by atoms with van der Waals surface area (Å²) in [5, 5.41) is 35.2. The lowest BCUT2D eigenvalue weighted by Crippen LogP contribution is -2.32. The number of sulfone groups is 1. The number of nitrogens with zero attached hydrogens (tertiary/aromatic N) is 17. The van der Waals surface area contributed by atoms with Crippen LogP contribution in [-0.2, 0) is 9.84 Å². The minimum absolute atomic E-state index is 0.0619. The lowest BCUT2D eigenvalue weighted by atomic mass is 10.1. The lowest BCUT2D eigenvalue weighted by molar-refractivity contribution is 0.0931. The Balaban J connectivity index is 0.000000127. The number of halogens is 4. The van der Waals surface area contributed by atoms with Gasteiger partial charge in [0.2, 0.25) is 0 Å². The van der Waals surface area contributed by atoms with Crippen LogP contribution in [0.5, 0.6) is 0 Å². The number of carbonyl (C=O) groups is 4. The molecule has 0 fully saturated rings. The summed E-state index contributed by atoms with van der Waals surface area (Å²) >= 11 is 25.6. The number of amides is 4. The zero-order valence-corrected chi connectivity index (χ0v) is 79.7. The molecule has 0 saturated heterocycles. The molecule has 31 nitrogen and oxygen atoms in total. The van der Waals surface area contributed by atoms with E-state index >= 15 is 0 Å². The molecule has 4 atom stereocenters. The molecule has 20 rings (SSSR count). The maximum absolute atomic E-state index is 13.8. The quantitative estimate of drug-likeness (QED) is 0.0658. The molecule has 20 aromatic rings. The van der Waals surface area contributed by atoms with Crippen molar-refractivity contribution in [2.24, 2.45) is 0 Å². The smallest absolute Gasteiger partial charge is 0.264 e. The number of carbonyl (C=O) groups excluding carboxylic acids is 4. The first-order valence-electron chi connectivity index (χ1n) is 43.4. The Morgan fingerprint density at radius 1 is 0.319 bits per heavy atom. The van der Waals surface area contributed by atoms with E-state index in [2.05, 4.69) is 66.6 Å². The van der Waals surface area contributed by atoms with Gasteiger partial charge in [-0.3, -0.25) is 61.6 Å². The maximum Gasteiger partial charge on any atom is 0.264 e. The Hall–Kier alpha value is -16.0. The summed E-state index contributed by atoms with van der Waals surface area (Å²) in [7, 11) is -3.53. The van der Waals surface area contributed by atoms with Gasteiger partial charge in [-0.15, -0.1) is 0 Å². The van der Waals surface area contributed by atoms with E-state index < -0.39 is 45.5 Å².